The Morgan fingerprint density at radius 3 is 2.70 bits per heavy atom. The van der Waals surface area contributed by atoms with Gasteiger partial charge in [0.2, 0.25) is 0 Å². The van der Waals surface area contributed by atoms with Gasteiger partial charge in [0.15, 0.2) is 0 Å². The summed E-state index contributed by atoms with van der Waals surface area (Å²) in [5.41, 5.74) is 7.60. The van der Waals surface area contributed by atoms with Gasteiger partial charge in [-0.15, -0.1) is 0 Å². The zero-order valence-electron chi connectivity index (χ0n) is 12.5. The smallest absolute Gasteiger partial charge is 0.122 e. The first kappa shape index (κ1) is 15.4. The highest BCUT2D eigenvalue weighted by Crippen LogP contribution is 2.29. The van der Waals surface area contributed by atoms with Crippen LogP contribution < -0.4 is 5.73 Å². The van der Waals surface area contributed by atoms with Gasteiger partial charge in [-0.25, -0.2) is 0 Å². The Kier molecular flexibility index (Phi) is 5.49. The number of aromatic nitrogens is 1. The molecule has 1 aromatic heterocycles. The number of hydrogen-bond donors (Lipinski definition) is 1. The number of rotatable bonds is 5. The van der Waals surface area contributed by atoms with E-state index in [9.17, 15) is 0 Å². The Bertz CT molecular complexity index is 453. The summed E-state index contributed by atoms with van der Waals surface area (Å²) in [6, 6.07) is 4.77. The summed E-state index contributed by atoms with van der Waals surface area (Å²) in [6.45, 7) is 3.25. The van der Waals surface area contributed by atoms with E-state index >= 15 is 0 Å². The van der Waals surface area contributed by atoms with E-state index < -0.39 is 0 Å². The molecule has 0 aromatic carbocycles. The Balaban J connectivity index is 1.93. The quantitative estimate of drug-likeness (QED) is 0.846. The molecule has 0 aliphatic heterocycles. The minimum Gasteiger partial charge on any atom is -0.388 e. The predicted molar refractivity (Wildman–Crippen MR) is 87.6 cm³/mol. The monoisotopic (exact) mass is 291 g/mol. The molecule has 0 amide bonds. The Morgan fingerprint density at radius 1 is 1.40 bits per heavy atom. The van der Waals surface area contributed by atoms with Crippen molar-refractivity contribution in [2.75, 3.05) is 7.05 Å². The van der Waals surface area contributed by atoms with E-state index in [-0.39, 0.29) is 0 Å². The second-order valence-corrected chi connectivity index (χ2v) is 6.35. The van der Waals surface area contributed by atoms with Gasteiger partial charge in [0.05, 0.1) is 5.69 Å². The molecule has 20 heavy (non-hydrogen) atoms. The summed E-state index contributed by atoms with van der Waals surface area (Å²) >= 11 is 4.99. The third-order valence-electron chi connectivity index (χ3n) is 4.53. The molecule has 1 aliphatic rings. The molecule has 0 bridgehead atoms. The molecule has 0 atom stereocenters. The normalized spacial score (nSPS) is 22.9. The molecule has 0 saturated heterocycles. The molecule has 0 unspecified atom stereocenters. The van der Waals surface area contributed by atoms with E-state index in [1.54, 1.807) is 6.20 Å². The van der Waals surface area contributed by atoms with Crippen LogP contribution in [0.5, 0.6) is 0 Å². The van der Waals surface area contributed by atoms with E-state index in [1.807, 2.05) is 6.07 Å². The predicted octanol–water partition coefficient (Wildman–Crippen LogP) is 3.12. The molecule has 2 N–H and O–H groups in total. The molecule has 1 aromatic rings. The average Bonchev–Trinajstić information content (AvgIpc) is 2.47. The van der Waals surface area contributed by atoms with Gasteiger partial charge in [-0.1, -0.05) is 25.6 Å². The second kappa shape index (κ2) is 7.14. The Labute approximate surface area is 127 Å². The van der Waals surface area contributed by atoms with Crippen molar-refractivity contribution in [2.24, 2.45) is 11.7 Å². The van der Waals surface area contributed by atoms with E-state index in [0.717, 1.165) is 18.2 Å². The third-order valence-corrected chi connectivity index (χ3v) is 4.73. The van der Waals surface area contributed by atoms with Crippen LogP contribution in [-0.4, -0.2) is 28.0 Å². The molecule has 4 heteroatoms. The zero-order chi connectivity index (χ0) is 14.5. The number of pyridine rings is 1. The van der Waals surface area contributed by atoms with E-state index in [1.165, 1.54) is 37.7 Å². The van der Waals surface area contributed by atoms with Crippen molar-refractivity contribution in [3.8, 4) is 0 Å². The minimum atomic E-state index is 0.373. The van der Waals surface area contributed by atoms with Crippen LogP contribution in [0.25, 0.3) is 0 Å². The summed E-state index contributed by atoms with van der Waals surface area (Å²) in [4.78, 5) is 7.03. The molecule has 110 valence electrons. The number of nitrogens with two attached hydrogens (primary N) is 1. The van der Waals surface area contributed by atoms with E-state index in [4.69, 9.17) is 18.0 Å². The van der Waals surface area contributed by atoms with Crippen molar-refractivity contribution in [3.05, 3.63) is 29.6 Å². The fourth-order valence-electron chi connectivity index (χ4n) is 3.12. The van der Waals surface area contributed by atoms with Gasteiger partial charge in [-0.2, -0.15) is 0 Å². The van der Waals surface area contributed by atoms with Crippen molar-refractivity contribution in [1.29, 1.82) is 0 Å². The fourth-order valence-corrected chi connectivity index (χ4v) is 3.23. The lowest BCUT2D eigenvalue weighted by Crippen LogP contribution is -2.34. The lowest BCUT2D eigenvalue weighted by Gasteiger charge is -2.34. The molecule has 3 nitrogen and oxygen atoms in total. The lowest BCUT2D eigenvalue weighted by molar-refractivity contribution is 0.157. The average molecular weight is 291 g/mol. The van der Waals surface area contributed by atoms with Gasteiger partial charge in [0.1, 0.15) is 4.99 Å². The van der Waals surface area contributed by atoms with E-state index in [0.29, 0.717) is 11.0 Å². The standard InChI is InChI=1S/C16H25N3S/c1-3-12-4-6-14(7-5-12)19(2)11-13-8-9-18-15(10-13)16(17)20/h8-10,12,14H,3-7,11H2,1-2H3,(H2,17,20). The maximum absolute atomic E-state index is 5.64. The fraction of sp³-hybridized carbons (Fsp3) is 0.625. The SMILES string of the molecule is CCC1CCC(N(C)Cc2ccnc(C(N)=S)c2)CC1. The number of thiocarbonyl (C=S) groups is 1. The molecule has 1 aliphatic carbocycles. The molecule has 1 saturated carbocycles. The van der Waals surface area contributed by atoms with Crippen LogP contribution in [0.3, 0.4) is 0 Å². The van der Waals surface area contributed by atoms with Crippen LogP contribution in [0.1, 0.15) is 50.3 Å². The van der Waals surface area contributed by atoms with Gasteiger partial charge in [0, 0.05) is 18.8 Å². The highest BCUT2D eigenvalue weighted by atomic mass is 32.1. The van der Waals surface area contributed by atoms with Crippen LogP contribution in [0, 0.1) is 5.92 Å². The summed E-state index contributed by atoms with van der Waals surface area (Å²) in [6.07, 6.45) is 8.52. The maximum Gasteiger partial charge on any atom is 0.122 e. The first-order valence-corrected chi connectivity index (χ1v) is 7.96. The van der Waals surface area contributed by atoms with Gasteiger partial charge in [-0.3, -0.25) is 9.88 Å². The molecule has 0 radical (unpaired) electrons. The van der Waals surface area contributed by atoms with Crippen molar-refractivity contribution in [2.45, 2.75) is 51.6 Å². The van der Waals surface area contributed by atoms with Crippen molar-refractivity contribution in [1.82, 2.24) is 9.88 Å². The minimum absolute atomic E-state index is 0.373. The van der Waals surface area contributed by atoms with Crippen LogP contribution in [0.4, 0.5) is 0 Å². The van der Waals surface area contributed by atoms with Crippen LogP contribution >= 0.6 is 12.2 Å². The van der Waals surface area contributed by atoms with Crippen LogP contribution in [-0.2, 0) is 6.54 Å². The highest BCUT2D eigenvalue weighted by Gasteiger charge is 2.23. The molecular weight excluding hydrogens is 266 g/mol. The number of nitrogens with zero attached hydrogens (tertiary/aromatic N) is 2. The summed E-state index contributed by atoms with van der Waals surface area (Å²) < 4.78 is 0. The largest absolute Gasteiger partial charge is 0.388 e. The summed E-state index contributed by atoms with van der Waals surface area (Å²) in [5.74, 6) is 0.946. The Hall–Kier alpha value is -1.00. The van der Waals surface area contributed by atoms with Crippen LogP contribution in [0.15, 0.2) is 18.3 Å². The first-order valence-electron chi connectivity index (χ1n) is 7.55. The van der Waals surface area contributed by atoms with Crippen molar-refractivity contribution in [3.63, 3.8) is 0 Å². The van der Waals surface area contributed by atoms with Crippen molar-refractivity contribution < 1.29 is 0 Å². The first-order chi connectivity index (χ1) is 9.60. The van der Waals surface area contributed by atoms with Gasteiger partial charge >= 0.3 is 0 Å². The lowest BCUT2D eigenvalue weighted by atomic mass is 9.84. The van der Waals surface area contributed by atoms with Gasteiger partial charge < -0.3 is 5.73 Å². The molecule has 2 rings (SSSR count). The van der Waals surface area contributed by atoms with Gasteiger partial charge in [0.25, 0.3) is 0 Å². The van der Waals surface area contributed by atoms with Crippen LogP contribution in [0.2, 0.25) is 0 Å². The second-order valence-electron chi connectivity index (χ2n) is 5.91. The molecule has 1 fully saturated rings. The van der Waals surface area contributed by atoms with Crippen molar-refractivity contribution >= 4 is 17.2 Å². The molecule has 1 heterocycles. The summed E-state index contributed by atoms with van der Waals surface area (Å²) in [5, 5.41) is 0. The Morgan fingerprint density at radius 2 is 2.10 bits per heavy atom. The highest BCUT2D eigenvalue weighted by molar-refractivity contribution is 7.80. The van der Waals surface area contributed by atoms with Gasteiger partial charge in [-0.05, 0) is 56.3 Å². The third kappa shape index (κ3) is 4.00. The summed E-state index contributed by atoms with van der Waals surface area (Å²) in [7, 11) is 2.22. The van der Waals surface area contributed by atoms with E-state index in [2.05, 4.69) is 29.9 Å². The molecule has 0 spiro atoms. The zero-order valence-corrected chi connectivity index (χ0v) is 13.3. The molecular formula is C16H25N3S. The maximum atomic E-state index is 5.64. The number of hydrogen-bond acceptors (Lipinski definition) is 3. The topological polar surface area (TPSA) is 42.2 Å².